The molecule has 210 valence electrons. The van der Waals surface area contributed by atoms with Gasteiger partial charge in [-0.25, -0.2) is 4.79 Å². The predicted octanol–water partition coefficient (Wildman–Crippen LogP) is 5.00. The first-order chi connectivity index (χ1) is 17.9. The van der Waals surface area contributed by atoms with Crippen LogP contribution in [0.5, 0.6) is 17.2 Å². The number of ether oxygens (including phenoxy) is 3. The van der Waals surface area contributed by atoms with E-state index in [1.807, 2.05) is 12.1 Å². The van der Waals surface area contributed by atoms with Gasteiger partial charge < -0.3 is 30.0 Å². The maximum Gasteiger partial charge on any atom is 0.319 e. The number of likely N-dealkylation sites (tertiary alicyclic amines) is 1. The lowest BCUT2D eigenvalue weighted by Crippen LogP contribution is -2.52. The normalized spacial score (nSPS) is 21.9. The number of methoxy groups -OCH3 is 3. The molecule has 0 spiro atoms. The van der Waals surface area contributed by atoms with Crippen LogP contribution < -0.4 is 24.8 Å². The number of amides is 2. The number of nitrogens with zero attached hydrogens (tertiary/aromatic N) is 1. The van der Waals surface area contributed by atoms with Crippen molar-refractivity contribution < 1.29 is 24.1 Å². The molecular weight excluding hydrogens is 529 g/mol. The minimum Gasteiger partial charge on any atom is -0.493 e. The Morgan fingerprint density at radius 1 is 1.00 bits per heavy atom. The number of carbonyl (C=O) groups excluding carboxylic acids is 1. The van der Waals surface area contributed by atoms with Crippen LogP contribution in [0.25, 0.3) is 0 Å². The molecule has 2 aliphatic rings. The van der Waals surface area contributed by atoms with Crippen molar-refractivity contribution in [1.82, 2.24) is 10.2 Å². The van der Waals surface area contributed by atoms with E-state index in [1.165, 1.54) is 19.8 Å². The van der Waals surface area contributed by atoms with Gasteiger partial charge in [-0.15, -0.1) is 12.4 Å². The second kappa shape index (κ2) is 14.1. The number of benzene rings is 2. The van der Waals surface area contributed by atoms with Gasteiger partial charge >= 0.3 is 6.03 Å². The Morgan fingerprint density at radius 2 is 1.63 bits per heavy atom. The summed E-state index contributed by atoms with van der Waals surface area (Å²) in [5.74, 6) is 2.23. The summed E-state index contributed by atoms with van der Waals surface area (Å²) in [6, 6.07) is 11.4. The fourth-order valence-corrected chi connectivity index (χ4v) is 5.88. The molecule has 0 unspecified atom stereocenters. The first-order valence-corrected chi connectivity index (χ1v) is 13.3. The van der Waals surface area contributed by atoms with Gasteiger partial charge in [0.2, 0.25) is 5.75 Å². The van der Waals surface area contributed by atoms with E-state index in [0.717, 1.165) is 50.2 Å². The lowest BCUT2D eigenvalue weighted by Gasteiger charge is -2.38. The largest absolute Gasteiger partial charge is 0.493 e. The van der Waals surface area contributed by atoms with Gasteiger partial charge in [0, 0.05) is 35.8 Å². The van der Waals surface area contributed by atoms with Crippen LogP contribution in [0.3, 0.4) is 0 Å². The summed E-state index contributed by atoms with van der Waals surface area (Å²) in [7, 11) is 4.62. The second-order valence-electron chi connectivity index (χ2n) is 10.0. The summed E-state index contributed by atoms with van der Waals surface area (Å²) >= 11 is 6.03. The third-order valence-corrected chi connectivity index (χ3v) is 7.93. The number of rotatable bonds is 9. The van der Waals surface area contributed by atoms with E-state index in [4.69, 9.17) is 25.8 Å². The number of hydrogen-bond acceptors (Lipinski definition) is 6. The zero-order valence-electron chi connectivity index (χ0n) is 22.2. The van der Waals surface area contributed by atoms with Crippen LogP contribution in [0, 0.1) is 11.8 Å². The van der Waals surface area contributed by atoms with E-state index in [-0.39, 0.29) is 43.0 Å². The highest BCUT2D eigenvalue weighted by atomic mass is 35.5. The van der Waals surface area contributed by atoms with Crippen LogP contribution in [0.1, 0.15) is 31.2 Å². The minimum absolute atomic E-state index is 0. The van der Waals surface area contributed by atoms with Crippen molar-refractivity contribution in [2.24, 2.45) is 11.8 Å². The fourth-order valence-electron chi connectivity index (χ4n) is 5.76. The summed E-state index contributed by atoms with van der Waals surface area (Å²) in [4.78, 5) is 15.5. The van der Waals surface area contributed by atoms with Crippen molar-refractivity contribution in [2.45, 2.75) is 44.2 Å². The average Bonchev–Trinajstić information content (AvgIpc) is 3.32. The highest BCUT2D eigenvalue weighted by molar-refractivity contribution is 6.30. The molecule has 8 nitrogen and oxygen atoms in total. The molecule has 3 N–H and O–H groups in total. The maximum absolute atomic E-state index is 13.0. The number of carbonyl (C=O) groups is 1. The van der Waals surface area contributed by atoms with Crippen LogP contribution in [0.4, 0.5) is 10.5 Å². The van der Waals surface area contributed by atoms with Gasteiger partial charge in [0.25, 0.3) is 0 Å². The van der Waals surface area contributed by atoms with E-state index in [0.29, 0.717) is 28.9 Å². The summed E-state index contributed by atoms with van der Waals surface area (Å²) in [6.45, 7) is 2.12. The third-order valence-electron chi connectivity index (χ3n) is 7.68. The maximum atomic E-state index is 13.0. The van der Waals surface area contributed by atoms with Crippen LogP contribution >= 0.6 is 24.0 Å². The summed E-state index contributed by atoms with van der Waals surface area (Å²) < 4.78 is 16.2. The molecule has 3 atom stereocenters. The lowest BCUT2D eigenvalue weighted by molar-refractivity contribution is 0.115. The van der Waals surface area contributed by atoms with Gasteiger partial charge in [0.15, 0.2) is 11.5 Å². The molecule has 0 bridgehead atoms. The Hall–Kier alpha value is -2.39. The quantitative estimate of drug-likeness (QED) is 0.394. The molecule has 2 amide bonds. The van der Waals surface area contributed by atoms with E-state index in [9.17, 15) is 9.90 Å². The first kappa shape index (κ1) is 30.2. The minimum atomic E-state index is -0.291. The van der Waals surface area contributed by atoms with Crippen LogP contribution in [-0.4, -0.2) is 69.1 Å². The Morgan fingerprint density at radius 3 is 2.18 bits per heavy atom. The van der Waals surface area contributed by atoms with Crippen LogP contribution in [0.2, 0.25) is 5.02 Å². The van der Waals surface area contributed by atoms with Crippen molar-refractivity contribution >= 4 is 35.7 Å². The van der Waals surface area contributed by atoms with Crippen molar-refractivity contribution in [1.29, 1.82) is 0 Å². The van der Waals surface area contributed by atoms with Crippen molar-refractivity contribution in [2.75, 3.05) is 46.3 Å². The molecule has 0 radical (unpaired) electrons. The zero-order chi connectivity index (χ0) is 26.4. The van der Waals surface area contributed by atoms with Crippen LogP contribution in [-0.2, 0) is 6.42 Å². The molecule has 0 aromatic heterocycles. The monoisotopic (exact) mass is 567 g/mol. The highest BCUT2D eigenvalue weighted by Crippen LogP contribution is 2.40. The first-order valence-electron chi connectivity index (χ1n) is 12.9. The molecule has 4 rings (SSSR count). The number of nitrogens with one attached hydrogen (secondary N) is 2. The molecule has 2 aromatic carbocycles. The lowest BCUT2D eigenvalue weighted by atomic mass is 9.89. The van der Waals surface area contributed by atoms with Crippen molar-refractivity contribution in [3.8, 4) is 17.2 Å². The van der Waals surface area contributed by atoms with Crippen molar-refractivity contribution in [3.05, 3.63) is 47.0 Å². The Balaban J connectivity index is 0.00000400. The summed E-state index contributed by atoms with van der Waals surface area (Å²) in [5, 5.41) is 16.7. The van der Waals surface area contributed by atoms with Gasteiger partial charge in [-0.05, 0) is 74.7 Å². The fraction of sp³-hybridized carbons (Fsp3) is 0.536. The number of aliphatic hydroxyl groups excluding tert-OH is 1. The number of piperidine rings is 1. The van der Waals surface area contributed by atoms with Gasteiger partial charge in [0.1, 0.15) is 0 Å². The molecule has 1 saturated heterocycles. The summed E-state index contributed by atoms with van der Waals surface area (Å²) in [6.07, 6.45) is 4.94. The van der Waals surface area contributed by atoms with Gasteiger partial charge in [-0.1, -0.05) is 23.7 Å². The molecule has 2 fully saturated rings. The van der Waals surface area contributed by atoms with E-state index in [1.54, 1.807) is 19.2 Å². The zero-order valence-corrected chi connectivity index (χ0v) is 23.8. The highest BCUT2D eigenvalue weighted by Gasteiger charge is 2.39. The number of halogens is 2. The smallest absolute Gasteiger partial charge is 0.319 e. The van der Waals surface area contributed by atoms with E-state index >= 15 is 0 Å². The van der Waals surface area contributed by atoms with Gasteiger partial charge in [0.05, 0.1) is 27.0 Å². The molecule has 38 heavy (non-hydrogen) atoms. The van der Waals surface area contributed by atoms with Gasteiger partial charge in [-0.2, -0.15) is 0 Å². The predicted molar refractivity (Wildman–Crippen MR) is 152 cm³/mol. The molecule has 10 heteroatoms. The number of urea groups is 1. The topological polar surface area (TPSA) is 92.3 Å². The molecule has 1 heterocycles. The number of hydrogen-bond donors (Lipinski definition) is 3. The third kappa shape index (κ3) is 7.38. The molecular formula is C28H39Cl2N3O5. The van der Waals surface area contributed by atoms with Crippen molar-refractivity contribution in [3.63, 3.8) is 0 Å². The van der Waals surface area contributed by atoms with E-state index in [2.05, 4.69) is 27.7 Å². The van der Waals surface area contributed by atoms with E-state index < -0.39 is 0 Å². The van der Waals surface area contributed by atoms with Crippen LogP contribution in [0.15, 0.2) is 36.4 Å². The Kier molecular flexibility index (Phi) is 11.2. The number of aliphatic hydroxyl groups is 1. The molecule has 2 aromatic rings. The SMILES string of the molecule is COc1cc(NC(=O)N[C@@H]2C[C@H](CO)C[C@H]2N2CCC(Cc3ccc(Cl)cc3)CC2)cc(OC)c1OC.Cl. The Bertz CT molecular complexity index is 1020. The second-order valence-corrected chi connectivity index (χ2v) is 10.5. The number of anilines is 1. The molecule has 1 saturated carbocycles. The Labute approximate surface area is 236 Å². The molecule has 1 aliphatic heterocycles. The average molecular weight is 569 g/mol. The summed E-state index contributed by atoms with van der Waals surface area (Å²) in [5.41, 5.74) is 1.87. The standard InChI is InChI=1S/C28H38ClN3O5.ClH/c1-35-25-15-22(16-26(36-2)27(25)37-3)30-28(34)31-23-13-20(17-33)14-24(23)32-10-8-19(9-11-32)12-18-4-6-21(29)7-5-18;/h4-7,15-16,19-20,23-24,33H,8-14,17H2,1-3H3,(H2,30,31,34);1H/t20-,23+,24+;/m0./s1. The molecule has 1 aliphatic carbocycles. The van der Waals surface area contributed by atoms with Gasteiger partial charge in [-0.3, -0.25) is 4.90 Å².